The van der Waals surface area contributed by atoms with Gasteiger partial charge < -0.3 is 5.32 Å². The highest BCUT2D eigenvalue weighted by Gasteiger charge is 2.16. The minimum atomic E-state index is -0.213. The van der Waals surface area contributed by atoms with E-state index in [1.54, 1.807) is 12.3 Å². The van der Waals surface area contributed by atoms with Gasteiger partial charge >= 0.3 is 0 Å². The standard InChI is InChI=1S/C5H3N3O/c9-5-4-6-2-1-3(7-4)8-5/h1-2H,(H,6,7,8,9). The third-order valence-corrected chi connectivity index (χ3v) is 1.10. The molecule has 0 unspecified atom stereocenters. The Bertz CT molecular complexity index is 271. The maximum absolute atomic E-state index is 10.7. The predicted molar refractivity (Wildman–Crippen MR) is 30.0 cm³/mol. The van der Waals surface area contributed by atoms with Crippen molar-refractivity contribution < 1.29 is 4.79 Å². The van der Waals surface area contributed by atoms with Crippen LogP contribution in [-0.4, -0.2) is 15.9 Å². The number of amides is 1. The molecule has 0 spiro atoms. The molecule has 0 aromatic carbocycles. The van der Waals surface area contributed by atoms with Crippen LogP contribution in [0.4, 0.5) is 5.82 Å². The highest BCUT2D eigenvalue weighted by atomic mass is 16.2. The normalized spacial score (nSPS) is 13.6. The van der Waals surface area contributed by atoms with Gasteiger partial charge in [0.25, 0.3) is 5.91 Å². The van der Waals surface area contributed by atoms with Crippen molar-refractivity contribution in [3.8, 4) is 0 Å². The average Bonchev–Trinajstić information content (AvgIpc) is 2.09. The van der Waals surface area contributed by atoms with Crippen LogP contribution in [0.1, 0.15) is 10.6 Å². The number of nitrogens with one attached hydrogen (secondary N) is 1. The fraction of sp³-hybridized carbons (Fsp3) is 0. The molecule has 0 atom stereocenters. The molecular formula is C5H3N3O. The van der Waals surface area contributed by atoms with Gasteiger partial charge in [-0.15, -0.1) is 0 Å². The van der Waals surface area contributed by atoms with E-state index in [1.165, 1.54) is 0 Å². The van der Waals surface area contributed by atoms with Crippen molar-refractivity contribution in [1.82, 2.24) is 9.97 Å². The van der Waals surface area contributed by atoms with Crippen molar-refractivity contribution in [2.24, 2.45) is 0 Å². The summed E-state index contributed by atoms with van der Waals surface area (Å²) in [6, 6.07) is 1.65. The van der Waals surface area contributed by atoms with Crippen molar-refractivity contribution in [2.45, 2.75) is 0 Å². The largest absolute Gasteiger partial charge is 0.304 e. The molecular weight excluding hydrogens is 118 g/mol. The molecule has 44 valence electrons. The van der Waals surface area contributed by atoms with Gasteiger partial charge in [-0.3, -0.25) is 4.79 Å². The third-order valence-electron chi connectivity index (χ3n) is 1.10. The van der Waals surface area contributed by atoms with Crippen LogP contribution in [0.5, 0.6) is 0 Å². The quantitative estimate of drug-likeness (QED) is 0.527. The molecule has 2 rings (SSSR count). The number of carbonyl (C=O) groups is 1. The second kappa shape index (κ2) is 1.28. The summed E-state index contributed by atoms with van der Waals surface area (Å²) in [6.07, 6.45) is 1.55. The van der Waals surface area contributed by atoms with Crippen LogP contribution in [0.15, 0.2) is 12.3 Å². The Morgan fingerprint density at radius 3 is 3.11 bits per heavy atom. The Labute approximate surface area is 50.9 Å². The number of hydrogen-bond acceptors (Lipinski definition) is 3. The Kier molecular flexibility index (Phi) is 0.631. The van der Waals surface area contributed by atoms with Gasteiger partial charge in [0.1, 0.15) is 5.82 Å². The maximum Gasteiger partial charge on any atom is 0.294 e. The maximum atomic E-state index is 10.7. The second-order valence-electron chi connectivity index (χ2n) is 1.72. The van der Waals surface area contributed by atoms with Gasteiger partial charge in [0, 0.05) is 6.20 Å². The van der Waals surface area contributed by atoms with E-state index in [0.29, 0.717) is 5.82 Å². The fourth-order valence-electron chi connectivity index (χ4n) is 0.710. The van der Waals surface area contributed by atoms with E-state index < -0.39 is 0 Å². The van der Waals surface area contributed by atoms with Crippen LogP contribution in [0.2, 0.25) is 0 Å². The summed E-state index contributed by atoms with van der Waals surface area (Å²) >= 11 is 0. The van der Waals surface area contributed by atoms with Crippen molar-refractivity contribution in [3.63, 3.8) is 0 Å². The summed E-state index contributed by atoms with van der Waals surface area (Å²) in [6.45, 7) is 0. The van der Waals surface area contributed by atoms with E-state index in [4.69, 9.17) is 0 Å². The monoisotopic (exact) mass is 121 g/mol. The molecule has 9 heavy (non-hydrogen) atoms. The van der Waals surface area contributed by atoms with Crippen molar-refractivity contribution in [1.29, 1.82) is 0 Å². The van der Waals surface area contributed by atoms with Crippen LogP contribution in [-0.2, 0) is 0 Å². The second-order valence-corrected chi connectivity index (χ2v) is 1.72. The van der Waals surface area contributed by atoms with Gasteiger partial charge in [-0.1, -0.05) is 0 Å². The minimum absolute atomic E-state index is 0.213. The van der Waals surface area contributed by atoms with Crippen LogP contribution >= 0.6 is 0 Å². The number of rotatable bonds is 0. The molecule has 1 aromatic rings. The zero-order valence-corrected chi connectivity index (χ0v) is 4.46. The minimum Gasteiger partial charge on any atom is -0.304 e. The number of nitrogens with zero attached hydrogens (tertiary/aromatic N) is 2. The van der Waals surface area contributed by atoms with E-state index in [-0.39, 0.29) is 11.7 Å². The van der Waals surface area contributed by atoms with Gasteiger partial charge in [0.15, 0.2) is 0 Å². The predicted octanol–water partition coefficient (Wildman–Crippen LogP) is 0.0423. The van der Waals surface area contributed by atoms with Crippen molar-refractivity contribution in [3.05, 3.63) is 18.1 Å². The van der Waals surface area contributed by atoms with E-state index in [1.807, 2.05) is 0 Å². The van der Waals surface area contributed by atoms with Crippen molar-refractivity contribution in [2.75, 3.05) is 5.32 Å². The lowest BCUT2D eigenvalue weighted by Crippen LogP contribution is -2.04. The lowest BCUT2D eigenvalue weighted by atomic mass is 10.6. The van der Waals surface area contributed by atoms with E-state index in [2.05, 4.69) is 15.3 Å². The summed E-state index contributed by atoms with van der Waals surface area (Å²) in [5.41, 5.74) is 0. The van der Waals surface area contributed by atoms with Crippen LogP contribution < -0.4 is 5.32 Å². The lowest BCUT2D eigenvalue weighted by molar-refractivity contribution is 0.102. The number of fused-ring (bicyclic) bond motifs is 2. The molecule has 4 nitrogen and oxygen atoms in total. The van der Waals surface area contributed by atoms with Crippen LogP contribution in [0.3, 0.4) is 0 Å². The Hall–Kier alpha value is -1.45. The summed E-state index contributed by atoms with van der Waals surface area (Å²) < 4.78 is 0. The molecule has 0 fully saturated rings. The first-order valence-corrected chi connectivity index (χ1v) is 2.51. The zero-order chi connectivity index (χ0) is 6.27. The van der Waals surface area contributed by atoms with E-state index in [0.717, 1.165) is 0 Å². The van der Waals surface area contributed by atoms with Gasteiger partial charge in [0.05, 0.1) is 0 Å². The summed E-state index contributed by atoms with van der Waals surface area (Å²) in [5.74, 6) is 0.632. The van der Waals surface area contributed by atoms with E-state index in [9.17, 15) is 4.79 Å². The van der Waals surface area contributed by atoms with Crippen molar-refractivity contribution >= 4 is 11.7 Å². The number of aromatic nitrogens is 2. The molecule has 0 radical (unpaired) electrons. The summed E-state index contributed by atoms with van der Waals surface area (Å²) in [5, 5.41) is 2.51. The average molecular weight is 121 g/mol. The molecule has 2 heterocycles. The molecule has 0 aliphatic carbocycles. The first-order chi connectivity index (χ1) is 4.36. The fourth-order valence-corrected chi connectivity index (χ4v) is 0.710. The number of anilines is 1. The molecule has 0 saturated heterocycles. The summed E-state index contributed by atoms with van der Waals surface area (Å²) in [7, 11) is 0. The first kappa shape index (κ1) is 4.43. The molecule has 1 aliphatic rings. The number of hydrogen-bond donors (Lipinski definition) is 1. The van der Waals surface area contributed by atoms with Gasteiger partial charge in [-0.2, -0.15) is 0 Å². The lowest BCUT2D eigenvalue weighted by Gasteiger charge is -1.82. The molecule has 2 bridgehead atoms. The SMILES string of the molecule is O=C1Nc2ccnc1n2. The zero-order valence-electron chi connectivity index (χ0n) is 4.46. The Balaban J connectivity index is 2.69. The van der Waals surface area contributed by atoms with E-state index >= 15 is 0 Å². The van der Waals surface area contributed by atoms with Gasteiger partial charge in [0.2, 0.25) is 5.82 Å². The Morgan fingerprint density at radius 2 is 2.44 bits per heavy atom. The first-order valence-electron chi connectivity index (χ1n) is 2.51. The Morgan fingerprint density at radius 1 is 1.56 bits per heavy atom. The molecule has 1 amide bonds. The third kappa shape index (κ3) is 0.495. The summed E-state index contributed by atoms with van der Waals surface area (Å²) in [4.78, 5) is 18.2. The molecule has 4 heteroatoms. The molecule has 1 N–H and O–H groups in total. The van der Waals surface area contributed by atoms with Crippen LogP contribution in [0.25, 0.3) is 0 Å². The van der Waals surface area contributed by atoms with Gasteiger partial charge in [-0.25, -0.2) is 9.97 Å². The highest BCUT2D eigenvalue weighted by molar-refractivity contribution is 6.04. The number of carbonyl (C=O) groups excluding carboxylic acids is 1. The smallest absolute Gasteiger partial charge is 0.294 e. The molecule has 1 aromatic heterocycles. The topological polar surface area (TPSA) is 54.9 Å². The molecule has 1 aliphatic heterocycles. The van der Waals surface area contributed by atoms with Crippen LogP contribution in [0, 0.1) is 0 Å². The molecule has 0 saturated carbocycles. The highest BCUT2D eigenvalue weighted by Crippen LogP contribution is 2.09. The van der Waals surface area contributed by atoms with Gasteiger partial charge in [-0.05, 0) is 6.07 Å².